The average molecular weight is 188 g/mol. The number of aromatic nitrogens is 1. The summed E-state index contributed by atoms with van der Waals surface area (Å²) in [5.74, 6) is -0.503. The van der Waals surface area contributed by atoms with E-state index < -0.39 is 23.6 Å². The fourth-order valence-corrected chi connectivity index (χ4v) is 0.808. The third-order valence-corrected chi connectivity index (χ3v) is 1.41. The van der Waals surface area contributed by atoms with Gasteiger partial charge >= 0.3 is 0 Å². The fraction of sp³-hybridized carbons (Fsp3) is 0.143. The molecule has 0 aliphatic rings. The number of nitrogens with zero attached hydrogens (tertiary/aromatic N) is 1. The predicted octanol–water partition coefficient (Wildman–Crippen LogP) is 1.12. The predicted molar refractivity (Wildman–Crippen MR) is 40.7 cm³/mol. The Labute approximate surface area is 72.0 Å². The van der Waals surface area contributed by atoms with Crippen LogP contribution >= 0.6 is 0 Å². The van der Waals surface area contributed by atoms with Crippen molar-refractivity contribution in [3.05, 3.63) is 17.5 Å². The van der Waals surface area contributed by atoms with Crippen molar-refractivity contribution in [2.45, 2.75) is 6.43 Å². The van der Waals surface area contributed by atoms with Crippen molar-refractivity contribution < 1.29 is 18.7 Å². The summed E-state index contributed by atoms with van der Waals surface area (Å²) in [6.07, 6.45) is -2.68. The average Bonchev–Trinajstić information content (AvgIpc) is 2.03. The van der Waals surface area contributed by atoms with Crippen molar-refractivity contribution in [1.82, 2.24) is 4.98 Å². The molecule has 0 aromatic carbocycles. The number of alkyl halides is 2. The zero-order valence-corrected chi connectivity index (χ0v) is 6.37. The summed E-state index contributed by atoms with van der Waals surface area (Å²) in [5, 5.41) is 8.98. The van der Waals surface area contributed by atoms with Gasteiger partial charge in [0.05, 0.1) is 5.69 Å². The molecule has 0 fully saturated rings. The zero-order valence-electron chi connectivity index (χ0n) is 6.37. The zero-order chi connectivity index (χ0) is 10.0. The van der Waals surface area contributed by atoms with E-state index in [1.54, 1.807) is 0 Å². The van der Waals surface area contributed by atoms with E-state index in [9.17, 15) is 13.6 Å². The van der Waals surface area contributed by atoms with Crippen LogP contribution in [0.4, 0.5) is 14.5 Å². The molecule has 0 aliphatic heterocycles. The lowest BCUT2D eigenvalue weighted by atomic mass is 10.2. The Bertz CT molecular complexity index is 342. The lowest BCUT2D eigenvalue weighted by Crippen LogP contribution is -2.01. The van der Waals surface area contributed by atoms with Crippen LogP contribution in [0.25, 0.3) is 0 Å². The number of halogens is 2. The van der Waals surface area contributed by atoms with Gasteiger partial charge in [0.2, 0.25) is 0 Å². The number of aromatic hydroxyl groups is 1. The number of carbonyl (C=O) groups is 1. The van der Waals surface area contributed by atoms with Crippen LogP contribution in [0.2, 0.25) is 0 Å². The van der Waals surface area contributed by atoms with Gasteiger partial charge in [0.25, 0.3) is 6.43 Å². The van der Waals surface area contributed by atoms with Gasteiger partial charge < -0.3 is 10.8 Å². The highest BCUT2D eigenvalue weighted by Gasteiger charge is 2.16. The van der Waals surface area contributed by atoms with Crippen LogP contribution < -0.4 is 5.73 Å². The number of hydrogen-bond acceptors (Lipinski definition) is 4. The lowest BCUT2D eigenvalue weighted by Gasteiger charge is -2.05. The van der Waals surface area contributed by atoms with Gasteiger partial charge in [-0.2, -0.15) is 0 Å². The van der Waals surface area contributed by atoms with E-state index in [0.29, 0.717) is 0 Å². The first-order valence-corrected chi connectivity index (χ1v) is 3.29. The number of carbonyl (C=O) groups excluding carboxylic acids is 1. The molecule has 1 aromatic heterocycles. The van der Waals surface area contributed by atoms with E-state index in [2.05, 4.69) is 4.98 Å². The summed E-state index contributed by atoms with van der Waals surface area (Å²) in [7, 11) is 0. The van der Waals surface area contributed by atoms with E-state index in [1.807, 2.05) is 0 Å². The summed E-state index contributed by atoms with van der Waals surface area (Å²) in [6.45, 7) is 0. The molecule has 1 heterocycles. The number of anilines is 1. The van der Waals surface area contributed by atoms with Crippen LogP contribution in [0, 0.1) is 0 Å². The minimum absolute atomic E-state index is 0.181. The molecule has 0 aliphatic carbocycles. The Morgan fingerprint density at radius 2 is 2.23 bits per heavy atom. The van der Waals surface area contributed by atoms with Crippen LogP contribution in [0.3, 0.4) is 0 Å². The molecule has 0 spiro atoms. The van der Waals surface area contributed by atoms with Gasteiger partial charge in [-0.1, -0.05) is 0 Å². The maximum atomic E-state index is 12.1. The number of aldehydes is 1. The Morgan fingerprint density at radius 3 is 2.69 bits per heavy atom. The van der Waals surface area contributed by atoms with Crippen molar-refractivity contribution in [2.24, 2.45) is 0 Å². The van der Waals surface area contributed by atoms with Crippen LogP contribution in [0.15, 0.2) is 6.07 Å². The first kappa shape index (κ1) is 9.37. The molecule has 0 saturated carbocycles. The summed E-state index contributed by atoms with van der Waals surface area (Å²) < 4.78 is 24.3. The van der Waals surface area contributed by atoms with Gasteiger partial charge in [-0.05, 0) is 0 Å². The maximum Gasteiger partial charge on any atom is 0.282 e. The van der Waals surface area contributed by atoms with E-state index in [0.717, 1.165) is 6.07 Å². The molecule has 1 rings (SSSR count). The molecule has 70 valence electrons. The number of rotatable bonds is 2. The van der Waals surface area contributed by atoms with Gasteiger partial charge in [-0.3, -0.25) is 4.79 Å². The fourth-order valence-electron chi connectivity index (χ4n) is 0.808. The summed E-state index contributed by atoms with van der Waals surface area (Å²) in [6, 6.07) is 0.873. The second kappa shape index (κ2) is 3.34. The maximum absolute atomic E-state index is 12.1. The van der Waals surface area contributed by atoms with Crippen molar-refractivity contribution in [3.63, 3.8) is 0 Å². The molecule has 0 atom stereocenters. The Morgan fingerprint density at radius 1 is 1.62 bits per heavy atom. The van der Waals surface area contributed by atoms with Gasteiger partial charge in [-0.15, -0.1) is 0 Å². The lowest BCUT2D eigenvalue weighted by molar-refractivity contribution is 0.111. The molecular weight excluding hydrogens is 182 g/mol. The van der Waals surface area contributed by atoms with Crippen LogP contribution in [-0.4, -0.2) is 16.4 Å². The molecule has 0 unspecified atom stereocenters. The smallest absolute Gasteiger partial charge is 0.282 e. The minimum atomic E-state index is -2.86. The standard InChI is InChI=1S/C7H6F2N2O2/c8-7(9)6-3(10)1-5(13)4(2-12)11-6/h1-2,7,13H,10H2. The Kier molecular flexibility index (Phi) is 2.41. The van der Waals surface area contributed by atoms with Crippen LogP contribution in [0.1, 0.15) is 22.6 Å². The molecule has 13 heavy (non-hydrogen) atoms. The third kappa shape index (κ3) is 1.71. The third-order valence-electron chi connectivity index (χ3n) is 1.41. The second-order valence-electron chi connectivity index (χ2n) is 2.29. The van der Waals surface area contributed by atoms with E-state index in [4.69, 9.17) is 10.8 Å². The molecule has 1 aromatic rings. The van der Waals surface area contributed by atoms with Crippen molar-refractivity contribution >= 4 is 12.0 Å². The molecule has 0 amide bonds. The summed E-state index contributed by atoms with van der Waals surface area (Å²) in [5.41, 5.74) is 3.66. The molecule has 6 heteroatoms. The number of hydrogen-bond donors (Lipinski definition) is 2. The highest BCUT2D eigenvalue weighted by Crippen LogP contribution is 2.27. The highest BCUT2D eigenvalue weighted by atomic mass is 19.3. The molecule has 4 nitrogen and oxygen atoms in total. The van der Waals surface area contributed by atoms with Crippen molar-refractivity contribution in [2.75, 3.05) is 5.73 Å². The van der Waals surface area contributed by atoms with Gasteiger partial charge in [0.15, 0.2) is 6.29 Å². The monoisotopic (exact) mass is 188 g/mol. The van der Waals surface area contributed by atoms with Crippen LogP contribution in [-0.2, 0) is 0 Å². The largest absolute Gasteiger partial charge is 0.505 e. The van der Waals surface area contributed by atoms with Crippen molar-refractivity contribution in [1.29, 1.82) is 0 Å². The van der Waals surface area contributed by atoms with E-state index in [1.165, 1.54) is 0 Å². The molecule has 0 radical (unpaired) electrons. The first-order valence-electron chi connectivity index (χ1n) is 3.29. The van der Waals surface area contributed by atoms with Gasteiger partial charge in [-0.25, -0.2) is 13.8 Å². The second-order valence-corrected chi connectivity index (χ2v) is 2.29. The topological polar surface area (TPSA) is 76.2 Å². The number of nitrogens with two attached hydrogens (primary N) is 1. The highest BCUT2D eigenvalue weighted by molar-refractivity contribution is 5.77. The van der Waals surface area contributed by atoms with Crippen LogP contribution in [0.5, 0.6) is 5.75 Å². The Balaban J connectivity index is 3.30. The SMILES string of the molecule is Nc1cc(O)c(C=O)nc1C(F)F. The summed E-state index contributed by atoms with van der Waals surface area (Å²) in [4.78, 5) is 13.4. The van der Waals surface area contributed by atoms with E-state index >= 15 is 0 Å². The molecular formula is C7H6F2N2O2. The van der Waals surface area contributed by atoms with Crippen molar-refractivity contribution in [3.8, 4) is 5.75 Å². The van der Waals surface area contributed by atoms with E-state index in [-0.39, 0.29) is 12.0 Å². The Hall–Kier alpha value is -1.72. The number of nitrogen functional groups attached to an aromatic ring is 1. The van der Waals surface area contributed by atoms with Gasteiger partial charge in [0, 0.05) is 6.07 Å². The number of pyridine rings is 1. The molecule has 0 bridgehead atoms. The molecule has 0 saturated heterocycles. The normalized spacial score (nSPS) is 10.4. The minimum Gasteiger partial charge on any atom is -0.505 e. The van der Waals surface area contributed by atoms with Gasteiger partial charge in [0.1, 0.15) is 17.1 Å². The molecule has 3 N–H and O–H groups in total. The first-order chi connectivity index (χ1) is 6.06. The summed E-state index contributed by atoms with van der Waals surface area (Å²) >= 11 is 0. The quantitative estimate of drug-likeness (QED) is 0.682.